The molecule has 0 amide bonds. The summed E-state index contributed by atoms with van der Waals surface area (Å²) in [4.78, 5) is 43.1. The number of azo groups is 4. The summed E-state index contributed by atoms with van der Waals surface area (Å²) in [6, 6.07) is 67.6. The zero-order chi connectivity index (χ0) is 51.0. The fraction of sp³-hybridized carbons (Fsp3) is 0. The third-order valence-electron chi connectivity index (χ3n) is 7.72. The third kappa shape index (κ3) is 29.3. The molecule has 360 valence electrons. The molecular formula is C48H50N12O8P2. The Morgan fingerprint density at radius 1 is 0.229 bits per heavy atom. The monoisotopic (exact) mass is 984 g/mol. The molecule has 0 radical (unpaired) electrons. The Kier molecular flexibility index (Phi) is 24.6. The zero-order valence-electron chi connectivity index (χ0n) is 37.1. The van der Waals surface area contributed by atoms with E-state index in [1.54, 1.807) is 48.5 Å². The summed E-state index contributed by atoms with van der Waals surface area (Å²) in [5.74, 6) is 0. The van der Waals surface area contributed by atoms with Crippen molar-refractivity contribution in [3.63, 3.8) is 0 Å². The van der Waals surface area contributed by atoms with Crippen LogP contribution in [0.4, 0.5) is 68.2 Å². The van der Waals surface area contributed by atoms with E-state index in [4.69, 9.17) is 61.4 Å². The van der Waals surface area contributed by atoms with Crippen molar-refractivity contribution in [2.45, 2.75) is 0 Å². The normalized spacial score (nSPS) is 10.8. The molecule has 0 aromatic heterocycles. The van der Waals surface area contributed by atoms with Gasteiger partial charge >= 0.3 is 15.6 Å². The number of nitrogen functional groups attached to an aromatic ring is 4. The van der Waals surface area contributed by atoms with Gasteiger partial charge in [-0.15, -0.1) is 0 Å². The van der Waals surface area contributed by atoms with Crippen LogP contribution in [0, 0.1) is 0 Å². The van der Waals surface area contributed by atoms with Crippen molar-refractivity contribution >= 4 is 83.9 Å². The topological polar surface area (TPSA) is 358 Å². The summed E-state index contributed by atoms with van der Waals surface area (Å²) in [6.07, 6.45) is 0. The third-order valence-corrected chi connectivity index (χ3v) is 7.72. The van der Waals surface area contributed by atoms with Gasteiger partial charge in [0.05, 0.1) is 45.5 Å². The second-order valence-corrected chi connectivity index (χ2v) is 15.6. The zero-order valence-corrected chi connectivity index (χ0v) is 38.9. The van der Waals surface area contributed by atoms with Crippen LogP contribution in [0.1, 0.15) is 0 Å². The first kappa shape index (κ1) is 55.9. The minimum Gasteiger partial charge on any atom is -0.399 e. The average Bonchev–Trinajstić information content (AvgIpc) is 3.34. The highest BCUT2D eigenvalue weighted by Gasteiger charge is 2.01. The molecule has 0 spiro atoms. The SMILES string of the molecule is Nc1ccc(N=Nc2ccccc2)cc1.Nc1ccc(N=Nc2ccccc2)cc1.Nc1ccc(N=Nc2ccccc2)cc1.Nc1ccc(N=Nc2ccccc2)cc1.O=P(O)(O)O.O=P(O)(O)O. The van der Waals surface area contributed by atoms with Crippen LogP contribution in [-0.4, -0.2) is 29.4 Å². The molecule has 0 aliphatic rings. The first-order valence-electron chi connectivity index (χ1n) is 20.2. The van der Waals surface area contributed by atoms with Crippen molar-refractivity contribution in [2.24, 2.45) is 40.9 Å². The molecule has 70 heavy (non-hydrogen) atoms. The maximum absolute atomic E-state index is 8.88. The van der Waals surface area contributed by atoms with Gasteiger partial charge in [-0.2, -0.15) is 40.9 Å². The summed E-state index contributed by atoms with van der Waals surface area (Å²) in [5, 5.41) is 32.7. The summed E-state index contributed by atoms with van der Waals surface area (Å²) < 4.78 is 17.8. The lowest BCUT2D eigenvalue weighted by Gasteiger charge is -1.93. The Hall–Kier alpha value is -8.42. The van der Waals surface area contributed by atoms with Gasteiger partial charge < -0.3 is 52.3 Å². The van der Waals surface area contributed by atoms with E-state index in [0.717, 1.165) is 68.2 Å². The van der Waals surface area contributed by atoms with E-state index in [9.17, 15) is 0 Å². The van der Waals surface area contributed by atoms with Crippen LogP contribution >= 0.6 is 15.6 Å². The number of anilines is 4. The minimum atomic E-state index is -4.64. The average molecular weight is 985 g/mol. The largest absolute Gasteiger partial charge is 0.466 e. The lowest BCUT2D eigenvalue weighted by molar-refractivity contribution is 0.272. The lowest BCUT2D eigenvalue weighted by atomic mass is 10.3. The predicted molar refractivity (Wildman–Crippen MR) is 274 cm³/mol. The molecule has 8 rings (SSSR count). The van der Waals surface area contributed by atoms with Crippen LogP contribution < -0.4 is 22.9 Å². The van der Waals surface area contributed by atoms with Gasteiger partial charge in [0.1, 0.15) is 0 Å². The van der Waals surface area contributed by atoms with E-state index >= 15 is 0 Å². The van der Waals surface area contributed by atoms with Gasteiger partial charge in [-0.25, -0.2) is 9.13 Å². The molecule has 0 saturated carbocycles. The number of phosphoric acid groups is 2. The molecule has 0 heterocycles. The molecule has 0 aliphatic heterocycles. The molecule has 20 nitrogen and oxygen atoms in total. The highest BCUT2D eigenvalue weighted by molar-refractivity contribution is 7.45. The van der Waals surface area contributed by atoms with Crippen LogP contribution in [0.5, 0.6) is 0 Å². The fourth-order valence-corrected chi connectivity index (χ4v) is 4.60. The Morgan fingerprint density at radius 2 is 0.343 bits per heavy atom. The van der Waals surface area contributed by atoms with E-state index in [2.05, 4.69) is 40.9 Å². The Balaban J connectivity index is 0.000000232. The molecular weight excluding hydrogens is 935 g/mol. The van der Waals surface area contributed by atoms with E-state index in [1.165, 1.54) is 0 Å². The van der Waals surface area contributed by atoms with Crippen LogP contribution in [-0.2, 0) is 9.13 Å². The second kappa shape index (κ2) is 30.8. The number of nitrogens with two attached hydrogens (primary N) is 4. The van der Waals surface area contributed by atoms with Crippen molar-refractivity contribution in [3.8, 4) is 0 Å². The van der Waals surface area contributed by atoms with E-state index < -0.39 is 15.6 Å². The van der Waals surface area contributed by atoms with Crippen LogP contribution in [0.2, 0.25) is 0 Å². The highest BCUT2D eigenvalue weighted by atomic mass is 31.2. The maximum atomic E-state index is 8.88. The van der Waals surface area contributed by atoms with Crippen LogP contribution in [0.3, 0.4) is 0 Å². The van der Waals surface area contributed by atoms with Gasteiger partial charge in [0.2, 0.25) is 0 Å². The van der Waals surface area contributed by atoms with E-state index in [-0.39, 0.29) is 0 Å². The molecule has 8 aromatic carbocycles. The van der Waals surface area contributed by atoms with Gasteiger partial charge in [0, 0.05) is 22.7 Å². The molecule has 0 bridgehead atoms. The first-order valence-corrected chi connectivity index (χ1v) is 23.4. The van der Waals surface area contributed by atoms with Crippen molar-refractivity contribution in [3.05, 3.63) is 218 Å². The number of hydrogen-bond donors (Lipinski definition) is 10. The Bertz CT molecular complexity index is 2500. The van der Waals surface area contributed by atoms with Gasteiger partial charge in [-0.3, -0.25) is 0 Å². The van der Waals surface area contributed by atoms with Gasteiger partial charge in [0.25, 0.3) is 0 Å². The van der Waals surface area contributed by atoms with Crippen LogP contribution in [0.25, 0.3) is 0 Å². The molecule has 8 aromatic rings. The summed E-state index contributed by atoms with van der Waals surface area (Å²) in [5.41, 5.74) is 31.7. The van der Waals surface area contributed by atoms with Gasteiger partial charge in [0.15, 0.2) is 0 Å². The quantitative estimate of drug-likeness (QED) is 0.0386. The summed E-state index contributed by atoms with van der Waals surface area (Å²) >= 11 is 0. The van der Waals surface area contributed by atoms with Gasteiger partial charge in [-0.1, -0.05) is 72.8 Å². The number of rotatable bonds is 8. The summed E-state index contributed by atoms with van der Waals surface area (Å²) in [6.45, 7) is 0. The minimum absolute atomic E-state index is 0.730. The van der Waals surface area contributed by atoms with Crippen LogP contribution in [0.15, 0.2) is 259 Å². The van der Waals surface area contributed by atoms with Crippen molar-refractivity contribution in [2.75, 3.05) is 22.9 Å². The lowest BCUT2D eigenvalue weighted by Crippen LogP contribution is -1.80. The molecule has 0 saturated heterocycles. The fourth-order valence-electron chi connectivity index (χ4n) is 4.60. The first-order chi connectivity index (χ1) is 33.4. The Morgan fingerprint density at radius 3 is 0.471 bits per heavy atom. The molecule has 0 fully saturated rings. The number of benzene rings is 8. The van der Waals surface area contributed by atoms with E-state index in [1.807, 2.05) is 170 Å². The Labute approximate surface area is 403 Å². The predicted octanol–water partition coefficient (Wildman–Crippen LogP) is 12.9. The molecule has 0 aliphatic carbocycles. The number of nitrogens with zero attached hydrogens (tertiary/aromatic N) is 8. The molecule has 0 atom stereocenters. The molecule has 0 unspecified atom stereocenters. The maximum Gasteiger partial charge on any atom is 0.466 e. The molecule has 14 N–H and O–H groups in total. The van der Waals surface area contributed by atoms with Gasteiger partial charge in [-0.05, 0) is 146 Å². The number of hydrogen-bond acceptors (Lipinski definition) is 14. The molecule has 22 heteroatoms. The second-order valence-electron chi connectivity index (χ2n) is 13.5. The van der Waals surface area contributed by atoms with Crippen molar-refractivity contribution in [1.82, 2.24) is 0 Å². The smallest absolute Gasteiger partial charge is 0.399 e. The van der Waals surface area contributed by atoms with Crippen molar-refractivity contribution < 1.29 is 38.5 Å². The van der Waals surface area contributed by atoms with E-state index in [0.29, 0.717) is 0 Å². The van der Waals surface area contributed by atoms with Crippen molar-refractivity contribution in [1.29, 1.82) is 0 Å². The summed E-state index contributed by atoms with van der Waals surface area (Å²) in [7, 11) is -9.28. The highest BCUT2D eigenvalue weighted by Crippen LogP contribution is 2.27. The standard InChI is InChI=1S/4C12H11N3.2H3O4P/c4*13-10-6-8-12(9-7-10)15-14-11-4-2-1-3-5-11;2*1-5(2,3)4/h4*1-9H,13H2;2*(H3,1,2,3,4).